The second-order valence-corrected chi connectivity index (χ2v) is 8.57. The molecule has 1 aromatic carbocycles. The van der Waals surface area contributed by atoms with Gasteiger partial charge in [-0.05, 0) is 49.8 Å². The summed E-state index contributed by atoms with van der Waals surface area (Å²) in [6, 6.07) is 7.60. The van der Waals surface area contributed by atoms with Gasteiger partial charge >= 0.3 is 5.97 Å². The Morgan fingerprint density at radius 3 is 2.63 bits per heavy atom. The number of benzene rings is 1. The Balaban J connectivity index is 1.97. The van der Waals surface area contributed by atoms with E-state index in [9.17, 15) is 14.7 Å². The molecule has 1 aliphatic rings. The third-order valence-electron chi connectivity index (χ3n) is 6.01. The molecule has 0 unspecified atom stereocenters. The lowest BCUT2D eigenvalue weighted by molar-refractivity contribution is -0.137. The quantitative estimate of drug-likeness (QED) is 0.477. The number of ether oxygens (including phenoxy) is 1. The van der Waals surface area contributed by atoms with Gasteiger partial charge in [0.2, 0.25) is 0 Å². The van der Waals surface area contributed by atoms with Crippen LogP contribution in [0.25, 0.3) is 21.9 Å². The summed E-state index contributed by atoms with van der Waals surface area (Å²) in [7, 11) is 3.69. The Kier molecular flexibility index (Phi) is 5.46. The van der Waals surface area contributed by atoms with Crippen molar-refractivity contribution in [1.82, 2.24) is 9.55 Å². The van der Waals surface area contributed by atoms with Gasteiger partial charge in [-0.3, -0.25) is 9.59 Å². The number of fused-ring (bicyclic) bond motifs is 2. The van der Waals surface area contributed by atoms with Crippen LogP contribution in [0.3, 0.4) is 0 Å². The van der Waals surface area contributed by atoms with Gasteiger partial charge in [0.25, 0.3) is 0 Å². The van der Waals surface area contributed by atoms with Crippen LogP contribution >= 0.6 is 11.8 Å². The molecule has 1 fully saturated rings. The van der Waals surface area contributed by atoms with Crippen LogP contribution in [0, 0.1) is 6.92 Å². The molecular formula is C22H25N3O4S. The Labute approximate surface area is 178 Å². The maximum atomic E-state index is 13.2. The van der Waals surface area contributed by atoms with Gasteiger partial charge in [-0.15, -0.1) is 11.8 Å². The Morgan fingerprint density at radius 1 is 1.30 bits per heavy atom. The standard InChI is InChI=1S/C22H25N3O4S/c1-12-5-6-15-19(21(12)30-4)25(11-18(26)27)22-16(20(15)28)7-8-17(23-22)24(2)13-9-14(10-13)29-3/h5-8,13-14H,9-11H2,1-4H3,(H,26,27). The smallest absolute Gasteiger partial charge is 0.323 e. The van der Waals surface area contributed by atoms with Crippen LogP contribution in [0.1, 0.15) is 18.4 Å². The van der Waals surface area contributed by atoms with Crippen LogP contribution in [0.2, 0.25) is 0 Å². The van der Waals surface area contributed by atoms with Gasteiger partial charge < -0.3 is 19.3 Å². The fraction of sp³-hybridized carbons (Fsp3) is 0.409. The summed E-state index contributed by atoms with van der Waals surface area (Å²) in [4.78, 5) is 32.7. The van der Waals surface area contributed by atoms with E-state index in [0.29, 0.717) is 28.0 Å². The predicted octanol–water partition coefficient (Wildman–Crippen LogP) is 3.28. The molecule has 0 spiro atoms. The van der Waals surface area contributed by atoms with Crippen molar-refractivity contribution in [3.05, 3.63) is 40.1 Å². The van der Waals surface area contributed by atoms with E-state index in [4.69, 9.17) is 9.72 Å². The number of methoxy groups -OCH3 is 1. The summed E-state index contributed by atoms with van der Waals surface area (Å²) < 4.78 is 7.05. The number of aliphatic carboxylic acids is 1. The fourth-order valence-electron chi connectivity index (χ4n) is 4.17. The molecule has 1 aliphatic carbocycles. The van der Waals surface area contributed by atoms with Gasteiger partial charge in [0.05, 0.1) is 17.0 Å². The summed E-state index contributed by atoms with van der Waals surface area (Å²) in [6.07, 6.45) is 4.03. The number of carboxylic acids is 1. The second kappa shape index (κ2) is 7.92. The highest BCUT2D eigenvalue weighted by atomic mass is 32.2. The topological polar surface area (TPSA) is 84.7 Å². The molecule has 3 aromatic rings. The van der Waals surface area contributed by atoms with Gasteiger partial charge in [0.15, 0.2) is 5.43 Å². The Bertz CT molecular complexity index is 1200. The summed E-state index contributed by atoms with van der Waals surface area (Å²) in [5, 5.41) is 10.5. The lowest BCUT2D eigenvalue weighted by atomic mass is 9.88. The zero-order valence-corrected chi connectivity index (χ0v) is 18.3. The Hall–Kier alpha value is -2.58. The van der Waals surface area contributed by atoms with Crippen molar-refractivity contribution < 1.29 is 14.6 Å². The van der Waals surface area contributed by atoms with Crippen molar-refractivity contribution in [2.45, 2.75) is 43.4 Å². The summed E-state index contributed by atoms with van der Waals surface area (Å²) in [5.74, 6) is -0.254. The maximum absolute atomic E-state index is 13.2. The molecule has 7 nitrogen and oxygen atoms in total. The first-order valence-electron chi connectivity index (χ1n) is 9.84. The van der Waals surface area contributed by atoms with E-state index < -0.39 is 5.97 Å². The first-order chi connectivity index (χ1) is 14.3. The molecule has 8 heteroatoms. The van der Waals surface area contributed by atoms with Crippen LogP contribution < -0.4 is 10.3 Å². The normalized spacial score (nSPS) is 18.5. The highest BCUT2D eigenvalue weighted by molar-refractivity contribution is 7.98. The van der Waals surface area contributed by atoms with Crippen molar-refractivity contribution in [2.75, 3.05) is 25.3 Å². The van der Waals surface area contributed by atoms with Gasteiger partial charge in [-0.2, -0.15) is 0 Å². The van der Waals surface area contributed by atoms with Crippen LogP contribution in [0.15, 0.2) is 34.0 Å². The van der Waals surface area contributed by atoms with E-state index in [1.165, 1.54) is 11.8 Å². The molecule has 0 atom stereocenters. The second-order valence-electron chi connectivity index (χ2n) is 7.76. The number of nitrogens with zero attached hydrogens (tertiary/aromatic N) is 3. The minimum absolute atomic E-state index is 0.123. The van der Waals surface area contributed by atoms with E-state index in [1.807, 2.05) is 32.4 Å². The number of aromatic nitrogens is 2. The van der Waals surface area contributed by atoms with E-state index in [1.54, 1.807) is 23.8 Å². The van der Waals surface area contributed by atoms with Crippen molar-refractivity contribution >= 4 is 45.5 Å². The maximum Gasteiger partial charge on any atom is 0.323 e. The molecule has 0 amide bonds. The number of hydrogen-bond donors (Lipinski definition) is 1. The summed E-state index contributed by atoms with van der Waals surface area (Å²) in [5.41, 5.74) is 1.92. The molecular weight excluding hydrogens is 402 g/mol. The number of thioether (sulfide) groups is 1. The molecule has 0 saturated heterocycles. The van der Waals surface area contributed by atoms with Gasteiger partial charge in [-0.25, -0.2) is 4.98 Å². The number of pyridine rings is 2. The van der Waals surface area contributed by atoms with Crippen LogP contribution in [-0.2, 0) is 16.1 Å². The van der Waals surface area contributed by atoms with E-state index in [0.717, 1.165) is 29.1 Å². The van der Waals surface area contributed by atoms with Crippen molar-refractivity contribution in [3.63, 3.8) is 0 Å². The number of anilines is 1. The van der Waals surface area contributed by atoms with E-state index in [2.05, 4.69) is 4.90 Å². The summed E-state index contributed by atoms with van der Waals surface area (Å²) in [6.45, 7) is 1.70. The number of carboxylic acid groups (broad SMARTS) is 1. The molecule has 0 bridgehead atoms. The summed E-state index contributed by atoms with van der Waals surface area (Å²) >= 11 is 1.51. The molecule has 30 heavy (non-hydrogen) atoms. The monoisotopic (exact) mass is 427 g/mol. The first-order valence-corrected chi connectivity index (χ1v) is 11.1. The lowest BCUT2D eigenvalue weighted by Crippen LogP contribution is -2.46. The van der Waals surface area contributed by atoms with Crippen molar-refractivity contribution in [1.29, 1.82) is 0 Å². The molecule has 1 N–H and O–H groups in total. The lowest BCUT2D eigenvalue weighted by Gasteiger charge is -2.40. The zero-order valence-electron chi connectivity index (χ0n) is 17.5. The SMILES string of the molecule is COC1CC(N(C)c2ccc3c(=O)c4ccc(C)c(SC)c4n(CC(=O)O)c3n2)C1. The fourth-order valence-corrected chi connectivity index (χ4v) is 4.98. The van der Waals surface area contributed by atoms with Gasteiger partial charge in [0, 0.05) is 30.5 Å². The number of rotatable bonds is 6. The van der Waals surface area contributed by atoms with Crippen LogP contribution in [-0.4, -0.2) is 53.2 Å². The van der Waals surface area contributed by atoms with E-state index >= 15 is 0 Å². The van der Waals surface area contributed by atoms with Crippen LogP contribution in [0.5, 0.6) is 0 Å². The van der Waals surface area contributed by atoms with E-state index in [-0.39, 0.29) is 18.1 Å². The van der Waals surface area contributed by atoms with Crippen molar-refractivity contribution in [2.24, 2.45) is 0 Å². The third kappa shape index (κ3) is 3.33. The number of carbonyl (C=O) groups is 1. The van der Waals surface area contributed by atoms with Gasteiger partial charge in [-0.1, -0.05) is 6.07 Å². The van der Waals surface area contributed by atoms with Crippen LogP contribution in [0.4, 0.5) is 5.82 Å². The Morgan fingerprint density at radius 2 is 2.00 bits per heavy atom. The highest BCUT2D eigenvalue weighted by Gasteiger charge is 2.33. The zero-order chi connectivity index (χ0) is 21.6. The minimum Gasteiger partial charge on any atom is -0.480 e. The third-order valence-corrected chi connectivity index (χ3v) is 6.94. The minimum atomic E-state index is -0.975. The molecule has 4 rings (SSSR count). The molecule has 158 valence electrons. The molecule has 2 heterocycles. The molecule has 2 aromatic heterocycles. The number of aryl methyl sites for hydroxylation is 1. The van der Waals surface area contributed by atoms with Gasteiger partial charge in [0.1, 0.15) is 18.0 Å². The molecule has 0 radical (unpaired) electrons. The average Bonchev–Trinajstić information content (AvgIpc) is 2.69. The molecule has 0 aliphatic heterocycles. The largest absolute Gasteiger partial charge is 0.480 e. The first kappa shape index (κ1) is 20.7. The number of hydrogen-bond acceptors (Lipinski definition) is 6. The predicted molar refractivity (Wildman–Crippen MR) is 120 cm³/mol. The highest BCUT2D eigenvalue weighted by Crippen LogP contribution is 2.33. The average molecular weight is 428 g/mol. The molecule has 1 saturated carbocycles. The van der Waals surface area contributed by atoms with Crippen molar-refractivity contribution in [3.8, 4) is 0 Å².